The number of nitrogens with one attached hydrogen (secondary N) is 2. The fourth-order valence-corrected chi connectivity index (χ4v) is 4.36. The summed E-state index contributed by atoms with van der Waals surface area (Å²) in [6.07, 6.45) is 6.31. The number of rotatable bonds is 3. The highest BCUT2D eigenvalue weighted by Crippen LogP contribution is 2.33. The predicted octanol–water partition coefficient (Wildman–Crippen LogP) is 2.91. The molecule has 2 bridgehead atoms. The van der Waals surface area contributed by atoms with Crippen LogP contribution in [-0.2, 0) is 0 Å². The van der Waals surface area contributed by atoms with E-state index in [4.69, 9.17) is 0 Å². The van der Waals surface area contributed by atoms with Crippen molar-refractivity contribution in [3.63, 3.8) is 0 Å². The van der Waals surface area contributed by atoms with Gasteiger partial charge in [0, 0.05) is 35.4 Å². The summed E-state index contributed by atoms with van der Waals surface area (Å²) < 4.78 is 0. The first-order chi connectivity index (χ1) is 12.3. The molecule has 0 spiro atoms. The zero-order valence-corrected chi connectivity index (χ0v) is 14.3. The number of nitrogens with zero attached hydrogens (tertiary/aromatic N) is 4. The van der Waals surface area contributed by atoms with Crippen molar-refractivity contribution in [1.82, 2.24) is 25.1 Å². The third-order valence-corrected chi connectivity index (χ3v) is 5.85. The Morgan fingerprint density at radius 1 is 1.16 bits per heavy atom. The van der Waals surface area contributed by atoms with E-state index in [2.05, 4.69) is 43.4 Å². The molecule has 3 saturated heterocycles. The molecule has 25 heavy (non-hydrogen) atoms. The third-order valence-electron chi connectivity index (χ3n) is 5.85. The van der Waals surface area contributed by atoms with Gasteiger partial charge in [-0.15, -0.1) is 10.2 Å². The molecule has 0 amide bonds. The molecule has 2 atom stereocenters. The van der Waals surface area contributed by atoms with E-state index in [0.29, 0.717) is 12.1 Å². The Balaban J connectivity index is 1.36. The maximum Gasteiger partial charge on any atom is 0.148 e. The second kappa shape index (κ2) is 5.81. The molecule has 0 radical (unpaired) electrons. The Kier molecular flexibility index (Phi) is 3.45. The van der Waals surface area contributed by atoms with Gasteiger partial charge in [-0.05, 0) is 63.0 Å². The van der Waals surface area contributed by atoms with Crippen LogP contribution in [0.15, 0.2) is 36.7 Å². The van der Waals surface area contributed by atoms with Crippen LogP contribution in [0.5, 0.6) is 0 Å². The number of fused-ring (bicyclic) bond motifs is 4. The van der Waals surface area contributed by atoms with Crippen molar-refractivity contribution < 1.29 is 0 Å². The van der Waals surface area contributed by atoms with Crippen LogP contribution >= 0.6 is 0 Å². The van der Waals surface area contributed by atoms with Crippen molar-refractivity contribution in [2.45, 2.75) is 31.8 Å². The van der Waals surface area contributed by atoms with Crippen molar-refractivity contribution in [2.24, 2.45) is 5.92 Å². The van der Waals surface area contributed by atoms with E-state index in [0.717, 1.165) is 34.0 Å². The van der Waals surface area contributed by atoms with Gasteiger partial charge in [-0.1, -0.05) is 0 Å². The van der Waals surface area contributed by atoms with E-state index in [1.54, 1.807) is 0 Å². The molecule has 0 unspecified atom stereocenters. The smallest absolute Gasteiger partial charge is 0.148 e. The Morgan fingerprint density at radius 3 is 2.80 bits per heavy atom. The summed E-state index contributed by atoms with van der Waals surface area (Å²) in [5.41, 5.74) is 2.73. The number of hydrogen-bond acceptors (Lipinski definition) is 5. The van der Waals surface area contributed by atoms with Crippen LogP contribution in [0.25, 0.3) is 22.3 Å². The molecule has 3 aliphatic heterocycles. The summed E-state index contributed by atoms with van der Waals surface area (Å²) in [6, 6.07) is 9.20. The Morgan fingerprint density at radius 2 is 2.04 bits per heavy atom. The number of aromatic amines is 1. The zero-order valence-electron chi connectivity index (χ0n) is 14.3. The minimum atomic E-state index is 0.473. The number of aromatic nitrogens is 4. The first-order valence-corrected chi connectivity index (χ1v) is 9.06. The van der Waals surface area contributed by atoms with Gasteiger partial charge >= 0.3 is 0 Å². The SMILES string of the molecule is C[C@@H]1[C@H](Nc2ccc(-c3cnc4[nH]ccc4c3)nn2)C2CCN1CC2. The standard InChI is InChI=1S/C19H22N6/c1-12-18(13-5-8-25(12)9-6-13)22-17-3-2-16(23-24-17)15-10-14-4-7-20-19(14)21-11-15/h2-4,7,10-13,18H,5-6,8-9H2,1H3,(H,20,21)(H,22,24)/t12-,18+/m1/s1. The van der Waals surface area contributed by atoms with Crippen molar-refractivity contribution in [1.29, 1.82) is 0 Å². The van der Waals surface area contributed by atoms with E-state index < -0.39 is 0 Å². The van der Waals surface area contributed by atoms with Gasteiger partial charge in [-0.2, -0.15) is 0 Å². The molecule has 6 rings (SSSR count). The predicted molar refractivity (Wildman–Crippen MR) is 98.3 cm³/mol. The second-order valence-electron chi connectivity index (χ2n) is 7.23. The van der Waals surface area contributed by atoms with Crippen molar-refractivity contribution in [3.05, 3.63) is 36.7 Å². The van der Waals surface area contributed by atoms with Gasteiger partial charge in [0.1, 0.15) is 11.5 Å². The molecule has 3 fully saturated rings. The van der Waals surface area contributed by atoms with Gasteiger partial charge in [0.05, 0.1) is 5.69 Å². The summed E-state index contributed by atoms with van der Waals surface area (Å²) in [5, 5.41) is 13.6. The fourth-order valence-electron chi connectivity index (χ4n) is 4.36. The van der Waals surface area contributed by atoms with Gasteiger partial charge in [0.25, 0.3) is 0 Å². The Hall–Kier alpha value is -2.47. The summed E-state index contributed by atoms with van der Waals surface area (Å²) in [6.45, 7) is 4.80. The zero-order chi connectivity index (χ0) is 16.8. The maximum atomic E-state index is 4.42. The minimum Gasteiger partial charge on any atom is -0.364 e. The van der Waals surface area contributed by atoms with Gasteiger partial charge in [-0.25, -0.2) is 4.98 Å². The van der Waals surface area contributed by atoms with E-state index in [9.17, 15) is 0 Å². The van der Waals surface area contributed by atoms with Crippen LogP contribution in [-0.4, -0.2) is 50.2 Å². The molecule has 0 saturated carbocycles. The largest absolute Gasteiger partial charge is 0.364 e. The van der Waals surface area contributed by atoms with Gasteiger partial charge < -0.3 is 10.3 Å². The summed E-state index contributed by atoms with van der Waals surface area (Å²) in [4.78, 5) is 10.1. The summed E-state index contributed by atoms with van der Waals surface area (Å²) >= 11 is 0. The van der Waals surface area contributed by atoms with E-state index in [-0.39, 0.29) is 0 Å². The molecule has 128 valence electrons. The van der Waals surface area contributed by atoms with Crippen LogP contribution < -0.4 is 5.32 Å². The lowest BCUT2D eigenvalue weighted by atomic mass is 9.79. The van der Waals surface area contributed by atoms with Crippen molar-refractivity contribution in [2.75, 3.05) is 18.4 Å². The molecule has 3 aromatic rings. The van der Waals surface area contributed by atoms with E-state index in [1.165, 1.54) is 25.9 Å². The lowest BCUT2D eigenvalue weighted by Crippen LogP contribution is -2.59. The van der Waals surface area contributed by atoms with E-state index >= 15 is 0 Å². The molecule has 6 heterocycles. The van der Waals surface area contributed by atoms with Gasteiger partial charge in [-0.3, -0.25) is 4.90 Å². The molecular formula is C19H22N6. The molecule has 0 aromatic carbocycles. The van der Waals surface area contributed by atoms with Crippen LogP contribution in [0.3, 0.4) is 0 Å². The third kappa shape index (κ3) is 2.57. The molecule has 6 nitrogen and oxygen atoms in total. The van der Waals surface area contributed by atoms with Crippen LogP contribution in [0.2, 0.25) is 0 Å². The molecule has 2 N–H and O–H groups in total. The lowest BCUT2D eigenvalue weighted by molar-refractivity contribution is 0.0457. The molecular weight excluding hydrogens is 312 g/mol. The minimum absolute atomic E-state index is 0.473. The molecule has 0 aliphatic carbocycles. The second-order valence-corrected chi connectivity index (χ2v) is 7.23. The first kappa shape index (κ1) is 14.8. The van der Waals surface area contributed by atoms with Gasteiger partial charge in [0.15, 0.2) is 0 Å². The quantitative estimate of drug-likeness (QED) is 0.771. The fraction of sp³-hybridized carbons (Fsp3) is 0.421. The highest BCUT2D eigenvalue weighted by Gasteiger charge is 2.39. The number of H-pyrrole nitrogens is 1. The van der Waals surface area contributed by atoms with E-state index in [1.807, 2.05) is 30.6 Å². The number of pyridine rings is 1. The maximum absolute atomic E-state index is 4.42. The first-order valence-electron chi connectivity index (χ1n) is 9.06. The highest BCUT2D eigenvalue weighted by molar-refractivity contribution is 5.80. The average molecular weight is 334 g/mol. The average Bonchev–Trinajstić information content (AvgIpc) is 3.13. The number of hydrogen-bond donors (Lipinski definition) is 2. The highest BCUT2D eigenvalue weighted by atomic mass is 15.2. The van der Waals surface area contributed by atoms with Crippen molar-refractivity contribution in [3.8, 4) is 11.3 Å². The molecule has 3 aliphatic rings. The summed E-state index contributed by atoms with van der Waals surface area (Å²) in [5.74, 6) is 1.62. The Labute approximate surface area is 146 Å². The molecule has 3 aromatic heterocycles. The summed E-state index contributed by atoms with van der Waals surface area (Å²) in [7, 11) is 0. The monoisotopic (exact) mass is 334 g/mol. The van der Waals surface area contributed by atoms with Crippen LogP contribution in [0, 0.1) is 5.92 Å². The topological polar surface area (TPSA) is 69.7 Å². The number of anilines is 1. The molecule has 6 heteroatoms. The normalized spacial score (nSPS) is 28.4. The Bertz CT molecular complexity index is 876. The number of piperidine rings is 3. The van der Waals surface area contributed by atoms with Crippen molar-refractivity contribution >= 4 is 16.9 Å². The van der Waals surface area contributed by atoms with Gasteiger partial charge in [0.2, 0.25) is 0 Å². The van der Waals surface area contributed by atoms with Crippen LogP contribution in [0.1, 0.15) is 19.8 Å². The lowest BCUT2D eigenvalue weighted by Gasteiger charge is -2.50. The van der Waals surface area contributed by atoms with Crippen LogP contribution in [0.4, 0.5) is 5.82 Å².